The smallest absolute Gasteiger partial charge is 0.258 e. The molecule has 10 heteroatoms. The topological polar surface area (TPSA) is 43.1 Å². The van der Waals surface area contributed by atoms with Crippen LogP contribution in [0.2, 0.25) is 0 Å². The van der Waals surface area contributed by atoms with Gasteiger partial charge in [-0.25, -0.2) is 4.39 Å². The third-order valence-corrected chi connectivity index (χ3v) is 4.88. The minimum atomic E-state index is -6.39. The summed E-state index contributed by atoms with van der Waals surface area (Å²) in [7, 11) is 0. The highest BCUT2D eigenvalue weighted by Crippen LogP contribution is 2.61. The summed E-state index contributed by atoms with van der Waals surface area (Å²) in [5.74, 6) is 0. The maximum absolute atomic E-state index is 15.5. The Labute approximate surface area is 162 Å². The van der Waals surface area contributed by atoms with E-state index in [2.05, 4.69) is 0 Å². The fourth-order valence-corrected chi connectivity index (χ4v) is 3.85. The third-order valence-electron chi connectivity index (χ3n) is 4.88. The van der Waals surface area contributed by atoms with E-state index in [1.165, 1.54) is 6.92 Å². The first-order valence-electron chi connectivity index (χ1n) is 8.66. The van der Waals surface area contributed by atoms with Crippen molar-refractivity contribution in [1.82, 2.24) is 0 Å². The van der Waals surface area contributed by atoms with Gasteiger partial charge in [0.15, 0.2) is 0 Å². The first-order valence-corrected chi connectivity index (χ1v) is 8.66. The number of nitro groups is 1. The van der Waals surface area contributed by atoms with Crippen LogP contribution in [0.3, 0.4) is 0 Å². The molecule has 160 valence electrons. The molecule has 1 aliphatic rings. The maximum atomic E-state index is 15.5. The van der Waals surface area contributed by atoms with Crippen LogP contribution >= 0.6 is 0 Å². The van der Waals surface area contributed by atoms with Crippen LogP contribution in [0.1, 0.15) is 38.7 Å². The van der Waals surface area contributed by atoms with Crippen LogP contribution < -0.4 is 0 Å². The third kappa shape index (κ3) is 3.64. The second kappa shape index (κ2) is 7.46. The van der Waals surface area contributed by atoms with Crippen LogP contribution in [0.4, 0.5) is 36.4 Å². The van der Waals surface area contributed by atoms with Gasteiger partial charge in [-0.3, -0.25) is 10.1 Å². The molecule has 3 nitrogen and oxygen atoms in total. The van der Waals surface area contributed by atoms with Gasteiger partial charge in [0.05, 0.1) is 10.3 Å². The average molecular weight is 425 g/mol. The molecule has 2 rings (SSSR count). The van der Waals surface area contributed by atoms with Crippen LogP contribution in [0.25, 0.3) is 0 Å². The minimum absolute atomic E-state index is 0.0576. The molecule has 0 heterocycles. The van der Waals surface area contributed by atoms with Crippen molar-refractivity contribution in [3.8, 4) is 0 Å². The van der Waals surface area contributed by atoms with Crippen LogP contribution in [0.5, 0.6) is 0 Å². The van der Waals surface area contributed by atoms with E-state index in [-0.39, 0.29) is 24.0 Å². The van der Waals surface area contributed by atoms with Crippen LogP contribution in [-0.4, -0.2) is 22.9 Å². The van der Waals surface area contributed by atoms with Gasteiger partial charge in [-0.1, -0.05) is 54.8 Å². The van der Waals surface area contributed by atoms with Gasteiger partial charge in [-0.15, -0.1) is 0 Å². The Morgan fingerprint density at radius 1 is 1.03 bits per heavy atom. The molecule has 0 amide bonds. The van der Waals surface area contributed by atoms with Crippen LogP contribution in [0, 0.1) is 10.1 Å². The molecule has 29 heavy (non-hydrogen) atoms. The van der Waals surface area contributed by atoms with E-state index in [0.29, 0.717) is 18.6 Å². The Morgan fingerprint density at radius 2 is 1.59 bits per heavy atom. The number of para-hydroxylation sites is 1. The molecule has 1 atom stereocenters. The summed E-state index contributed by atoms with van der Waals surface area (Å²) in [5.41, 5.74) is -11.1. The van der Waals surface area contributed by atoms with Gasteiger partial charge in [-0.05, 0) is 19.8 Å². The number of benzene rings is 1. The maximum Gasteiger partial charge on any atom is 0.433 e. The van der Waals surface area contributed by atoms with Gasteiger partial charge in [0.2, 0.25) is 0 Å². The fourth-order valence-electron chi connectivity index (χ4n) is 3.85. The fraction of sp³-hybridized carbons (Fsp3) is 0.474. The standard InChI is InChI=1S/C19H18F7NO2/c1-3-6-13-9-12(2)10-16(11-13,14-7-4-5-8-15(14)27(28)29)17(20,18(21,22)23)19(24,25)26/h4-5,7-8,10-11H,3,6,9H2,1-2H3. The molecule has 0 aromatic heterocycles. The van der Waals surface area contributed by atoms with Crippen LogP contribution in [-0.2, 0) is 5.41 Å². The average Bonchev–Trinajstić information content (AvgIpc) is 2.58. The highest BCUT2D eigenvalue weighted by molar-refractivity contribution is 5.57. The predicted molar refractivity (Wildman–Crippen MR) is 92.1 cm³/mol. The van der Waals surface area contributed by atoms with Gasteiger partial charge in [0, 0.05) is 11.6 Å². The molecule has 0 bridgehead atoms. The first-order chi connectivity index (χ1) is 13.2. The number of hydrogen-bond donors (Lipinski definition) is 0. The second-order valence-corrected chi connectivity index (χ2v) is 7.02. The number of nitro benzene ring substituents is 1. The largest absolute Gasteiger partial charge is 0.433 e. The Morgan fingerprint density at radius 3 is 2.07 bits per heavy atom. The van der Waals surface area contributed by atoms with E-state index in [4.69, 9.17) is 0 Å². The number of rotatable bonds is 5. The molecule has 0 aliphatic heterocycles. The number of nitrogens with zero attached hydrogens (tertiary/aromatic N) is 1. The zero-order valence-electron chi connectivity index (χ0n) is 15.5. The Hall–Kier alpha value is -2.39. The Balaban J connectivity index is 3.07. The summed E-state index contributed by atoms with van der Waals surface area (Å²) < 4.78 is 98.1. The zero-order valence-corrected chi connectivity index (χ0v) is 15.5. The van der Waals surface area contributed by atoms with Gasteiger partial charge in [0.1, 0.15) is 0 Å². The lowest BCUT2D eigenvalue weighted by molar-refractivity contribution is -0.388. The van der Waals surface area contributed by atoms with Crippen molar-refractivity contribution in [2.45, 2.75) is 56.5 Å². The van der Waals surface area contributed by atoms with Crippen molar-refractivity contribution in [3.63, 3.8) is 0 Å². The quantitative estimate of drug-likeness (QED) is 0.227. The monoisotopic (exact) mass is 425 g/mol. The second-order valence-electron chi connectivity index (χ2n) is 7.02. The SMILES string of the molecule is CCCC1=CC(c2ccccc2[N+](=O)[O-])(C(F)(C(F)(F)F)C(F)(F)F)C=C(C)C1. The van der Waals surface area contributed by atoms with Gasteiger partial charge >= 0.3 is 18.0 Å². The summed E-state index contributed by atoms with van der Waals surface area (Å²) in [5, 5.41) is 11.4. The van der Waals surface area contributed by atoms with E-state index >= 15 is 4.39 Å². The highest BCUT2D eigenvalue weighted by atomic mass is 19.4. The van der Waals surface area contributed by atoms with E-state index in [1.807, 2.05) is 0 Å². The van der Waals surface area contributed by atoms with E-state index in [1.54, 1.807) is 6.92 Å². The van der Waals surface area contributed by atoms with Gasteiger partial charge in [-0.2, -0.15) is 26.3 Å². The molecule has 1 unspecified atom stereocenters. The molecule has 0 saturated carbocycles. The summed E-state index contributed by atoms with van der Waals surface area (Å²) in [6.45, 7) is 2.94. The Bertz CT molecular complexity index is 841. The number of allylic oxidation sites excluding steroid dienone is 4. The van der Waals surface area contributed by atoms with Crippen molar-refractivity contribution in [1.29, 1.82) is 0 Å². The summed E-state index contributed by atoms with van der Waals surface area (Å²) in [4.78, 5) is 10.3. The van der Waals surface area contributed by atoms with Crippen molar-refractivity contribution in [3.05, 3.63) is 63.2 Å². The molecule has 0 radical (unpaired) electrons. The lowest BCUT2D eigenvalue weighted by atomic mass is 9.62. The first kappa shape index (κ1) is 22.9. The lowest BCUT2D eigenvalue weighted by Crippen LogP contribution is -2.65. The molecular weight excluding hydrogens is 407 g/mol. The van der Waals surface area contributed by atoms with Gasteiger partial charge in [0.25, 0.3) is 5.69 Å². The van der Waals surface area contributed by atoms with E-state index < -0.39 is 39.6 Å². The molecule has 1 aromatic rings. The van der Waals surface area contributed by atoms with Crippen molar-refractivity contribution in [2.75, 3.05) is 0 Å². The molecule has 0 fully saturated rings. The lowest BCUT2D eigenvalue weighted by Gasteiger charge is -2.45. The minimum Gasteiger partial charge on any atom is -0.258 e. The number of halogens is 7. The summed E-state index contributed by atoms with van der Waals surface area (Å²) >= 11 is 0. The summed E-state index contributed by atoms with van der Waals surface area (Å²) in [6.07, 6.45) is -11.1. The molecule has 0 spiro atoms. The van der Waals surface area contributed by atoms with E-state index in [9.17, 15) is 36.5 Å². The summed E-state index contributed by atoms with van der Waals surface area (Å²) in [6, 6.07) is 3.63. The normalized spacial score (nSPS) is 20.9. The number of hydrogen-bond acceptors (Lipinski definition) is 2. The van der Waals surface area contributed by atoms with E-state index in [0.717, 1.165) is 24.3 Å². The van der Waals surface area contributed by atoms with Crippen molar-refractivity contribution < 1.29 is 35.7 Å². The molecular formula is C19H18F7NO2. The predicted octanol–water partition coefficient (Wildman–Crippen LogP) is 6.74. The van der Waals surface area contributed by atoms with Crippen molar-refractivity contribution >= 4 is 5.69 Å². The number of alkyl halides is 7. The van der Waals surface area contributed by atoms with Gasteiger partial charge < -0.3 is 0 Å². The highest BCUT2D eigenvalue weighted by Gasteiger charge is 2.81. The van der Waals surface area contributed by atoms with Crippen molar-refractivity contribution in [2.24, 2.45) is 0 Å². The molecule has 1 aliphatic carbocycles. The molecule has 0 N–H and O–H groups in total. The van der Waals surface area contributed by atoms with Crippen LogP contribution in [0.15, 0.2) is 47.6 Å². The Kier molecular flexibility index (Phi) is 5.89. The molecule has 0 saturated heterocycles. The zero-order chi connectivity index (χ0) is 22.3. The molecule has 1 aromatic carbocycles.